The fourth-order valence-corrected chi connectivity index (χ4v) is 1.03. The molecule has 0 unspecified atom stereocenters. The summed E-state index contributed by atoms with van der Waals surface area (Å²) >= 11 is 0. The molecule has 0 N–H and O–H groups in total. The maximum atomic E-state index is 11.4. The standard InChI is InChI=1S/C9H17NO2/c1-9(2,3)8(11)12-10-6-4-5-7-10/h4-7H2,1-3H3. The molecule has 1 rings (SSSR count). The quantitative estimate of drug-likeness (QED) is 0.600. The van der Waals surface area contributed by atoms with Crippen molar-refractivity contribution in [3.63, 3.8) is 0 Å². The maximum Gasteiger partial charge on any atom is 0.330 e. The molecule has 1 heterocycles. The van der Waals surface area contributed by atoms with Gasteiger partial charge in [0.1, 0.15) is 0 Å². The molecule has 0 amide bonds. The zero-order chi connectivity index (χ0) is 9.19. The van der Waals surface area contributed by atoms with E-state index in [2.05, 4.69) is 0 Å². The largest absolute Gasteiger partial charge is 0.367 e. The van der Waals surface area contributed by atoms with Gasteiger partial charge in [0.05, 0.1) is 5.41 Å². The van der Waals surface area contributed by atoms with Crippen molar-refractivity contribution in [1.82, 2.24) is 5.06 Å². The third kappa shape index (κ3) is 2.48. The molecule has 0 aromatic rings. The molecule has 0 aromatic heterocycles. The summed E-state index contributed by atoms with van der Waals surface area (Å²) in [5.74, 6) is -0.135. The van der Waals surface area contributed by atoms with Crippen molar-refractivity contribution in [2.45, 2.75) is 33.6 Å². The summed E-state index contributed by atoms with van der Waals surface area (Å²) in [6, 6.07) is 0. The van der Waals surface area contributed by atoms with E-state index in [1.807, 2.05) is 20.8 Å². The van der Waals surface area contributed by atoms with Gasteiger partial charge in [0.25, 0.3) is 0 Å². The molecule has 1 saturated heterocycles. The van der Waals surface area contributed by atoms with Crippen molar-refractivity contribution in [3.05, 3.63) is 0 Å². The van der Waals surface area contributed by atoms with Crippen molar-refractivity contribution < 1.29 is 9.63 Å². The Bertz CT molecular complexity index is 166. The summed E-state index contributed by atoms with van der Waals surface area (Å²) < 4.78 is 0. The molecule has 12 heavy (non-hydrogen) atoms. The van der Waals surface area contributed by atoms with E-state index in [0.29, 0.717) is 0 Å². The van der Waals surface area contributed by atoms with E-state index in [9.17, 15) is 4.79 Å². The Kier molecular flexibility index (Phi) is 2.73. The monoisotopic (exact) mass is 171 g/mol. The lowest BCUT2D eigenvalue weighted by atomic mass is 9.98. The second-order valence-electron chi connectivity index (χ2n) is 4.26. The Labute approximate surface area is 73.6 Å². The van der Waals surface area contributed by atoms with Crippen LogP contribution in [-0.4, -0.2) is 24.1 Å². The Morgan fingerprint density at radius 1 is 1.25 bits per heavy atom. The minimum atomic E-state index is -0.386. The average molecular weight is 171 g/mol. The van der Waals surface area contributed by atoms with E-state index < -0.39 is 0 Å². The van der Waals surface area contributed by atoms with Gasteiger partial charge in [-0.2, -0.15) is 0 Å². The van der Waals surface area contributed by atoms with Crippen molar-refractivity contribution in [1.29, 1.82) is 0 Å². The van der Waals surface area contributed by atoms with Gasteiger partial charge >= 0.3 is 5.97 Å². The van der Waals surface area contributed by atoms with Crippen LogP contribution in [0.4, 0.5) is 0 Å². The van der Waals surface area contributed by atoms with Crippen LogP contribution in [-0.2, 0) is 9.63 Å². The Hall–Kier alpha value is -0.570. The average Bonchev–Trinajstić information content (AvgIpc) is 2.37. The van der Waals surface area contributed by atoms with Crippen LogP contribution < -0.4 is 0 Å². The highest BCUT2D eigenvalue weighted by molar-refractivity contribution is 5.75. The number of nitrogens with zero attached hydrogens (tertiary/aromatic N) is 1. The fourth-order valence-electron chi connectivity index (χ4n) is 1.03. The zero-order valence-electron chi connectivity index (χ0n) is 8.09. The molecular formula is C9H17NO2. The van der Waals surface area contributed by atoms with Gasteiger partial charge in [-0.15, -0.1) is 5.06 Å². The molecule has 0 spiro atoms. The molecule has 0 atom stereocenters. The number of rotatable bonds is 1. The normalized spacial score (nSPS) is 19.6. The molecule has 70 valence electrons. The maximum absolute atomic E-state index is 11.4. The highest BCUT2D eigenvalue weighted by atomic mass is 16.7. The van der Waals surface area contributed by atoms with Gasteiger partial charge in [0.15, 0.2) is 0 Å². The molecule has 0 radical (unpaired) electrons. The summed E-state index contributed by atoms with van der Waals surface area (Å²) in [7, 11) is 0. The molecule has 3 nitrogen and oxygen atoms in total. The fraction of sp³-hybridized carbons (Fsp3) is 0.889. The molecule has 1 aliphatic heterocycles. The number of hydrogen-bond donors (Lipinski definition) is 0. The SMILES string of the molecule is CC(C)(C)C(=O)ON1CCCC1. The molecular weight excluding hydrogens is 154 g/mol. The van der Waals surface area contributed by atoms with Crippen LogP contribution in [0.25, 0.3) is 0 Å². The number of carbonyl (C=O) groups excluding carboxylic acids is 1. The van der Waals surface area contributed by atoms with E-state index in [4.69, 9.17) is 4.84 Å². The molecule has 1 aliphatic rings. The van der Waals surface area contributed by atoms with E-state index in [1.54, 1.807) is 5.06 Å². The first kappa shape index (κ1) is 9.52. The Morgan fingerprint density at radius 3 is 2.17 bits per heavy atom. The summed E-state index contributed by atoms with van der Waals surface area (Å²) in [6.07, 6.45) is 2.27. The lowest BCUT2D eigenvalue weighted by molar-refractivity contribution is -0.195. The lowest BCUT2D eigenvalue weighted by Gasteiger charge is -2.21. The minimum absolute atomic E-state index is 0.135. The number of carbonyl (C=O) groups is 1. The van der Waals surface area contributed by atoms with Crippen LogP contribution in [0, 0.1) is 5.41 Å². The number of hydrogen-bond acceptors (Lipinski definition) is 3. The molecule has 0 aliphatic carbocycles. The van der Waals surface area contributed by atoms with Crippen molar-refractivity contribution in [3.8, 4) is 0 Å². The summed E-state index contributed by atoms with van der Waals surface area (Å²) in [5, 5.41) is 1.76. The Morgan fingerprint density at radius 2 is 1.75 bits per heavy atom. The molecule has 3 heteroatoms. The highest BCUT2D eigenvalue weighted by Gasteiger charge is 2.26. The van der Waals surface area contributed by atoms with Gasteiger partial charge in [-0.25, -0.2) is 4.79 Å². The predicted molar refractivity (Wildman–Crippen MR) is 46.4 cm³/mol. The van der Waals surface area contributed by atoms with Gasteiger partial charge < -0.3 is 4.84 Å². The second-order valence-corrected chi connectivity index (χ2v) is 4.26. The van der Waals surface area contributed by atoms with Gasteiger partial charge in [-0.05, 0) is 33.6 Å². The van der Waals surface area contributed by atoms with Gasteiger partial charge in [0.2, 0.25) is 0 Å². The van der Waals surface area contributed by atoms with Crippen molar-refractivity contribution in [2.24, 2.45) is 5.41 Å². The van der Waals surface area contributed by atoms with Crippen molar-refractivity contribution in [2.75, 3.05) is 13.1 Å². The molecule has 1 fully saturated rings. The smallest absolute Gasteiger partial charge is 0.330 e. The van der Waals surface area contributed by atoms with E-state index in [-0.39, 0.29) is 11.4 Å². The predicted octanol–water partition coefficient (Wildman–Crippen LogP) is 1.59. The van der Waals surface area contributed by atoms with Gasteiger partial charge in [-0.1, -0.05) is 0 Å². The van der Waals surface area contributed by atoms with Gasteiger partial charge in [-0.3, -0.25) is 0 Å². The highest BCUT2D eigenvalue weighted by Crippen LogP contribution is 2.18. The van der Waals surface area contributed by atoms with Crippen LogP contribution in [0.5, 0.6) is 0 Å². The van der Waals surface area contributed by atoms with Crippen LogP contribution in [0.1, 0.15) is 33.6 Å². The molecule has 0 saturated carbocycles. The Balaban J connectivity index is 2.35. The van der Waals surface area contributed by atoms with Crippen molar-refractivity contribution >= 4 is 5.97 Å². The first-order valence-corrected chi connectivity index (χ1v) is 4.47. The zero-order valence-corrected chi connectivity index (χ0v) is 8.09. The molecule has 0 aromatic carbocycles. The topological polar surface area (TPSA) is 29.5 Å². The van der Waals surface area contributed by atoms with E-state index >= 15 is 0 Å². The summed E-state index contributed by atoms with van der Waals surface area (Å²) in [5.41, 5.74) is -0.386. The molecule has 0 bridgehead atoms. The first-order chi connectivity index (χ1) is 5.50. The van der Waals surface area contributed by atoms with Crippen LogP contribution in [0.15, 0.2) is 0 Å². The van der Waals surface area contributed by atoms with E-state index in [1.165, 1.54) is 0 Å². The summed E-state index contributed by atoms with van der Waals surface area (Å²) in [4.78, 5) is 16.5. The second kappa shape index (κ2) is 3.44. The van der Waals surface area contributed by atoms with E-state index in [0.717, 1.165) is 25.9 Å². The van der Waals surface area contributed by atoms with Crippen LogP contribution >= 0.6 is 0 Å². The minimum Gasteiger partial charge on any atom is -0.367 e. The van der Waals surface area contributed by atoms with Crippen LogP contribution in [0.2, 0.25) is 0 Å². The third-order valence-electron chi connectivity index (χ3n) is 1.89. The summed E-state index contributed by atoms with van der Waals surface area (Å²) in [6.45, 7) is 7.38. The lowest BCUT2D eigenvalue weighted by Crippen LogP contribution is -2.31. The first-order valence-electron chi connectivity index (χ1n) is 4.47. The third-order valence-corrected chi connectivity index (χ3v) is 1.89. The van der Waals surface area contributed by atoms with Crippen LogP contribution in [0.3, 0.4) is 0 Å². The number of hydroxylamine groups is 2. The van der Waals surface area contributed by atoms with Gasteiger partial charge in [0, 0.05) is 13.1 Å².